The molecule has 0 aliphatic heterocycles. The first-order valence-corrected chi connectivity index (χ1v) is 6.54. The molecule has 0 bridgehead atoms. The zero-order valence-corrected chi connectivity index (χ0v) is 11.6. The molecule has 98 valence electrons. The Balaban J connectivity index is 2.77. The lowest BCUT2D eigenvalue weighted by Crippen LogP contribution is -2.33. The third kappa shape index (κ3) is 2.79. The summed E-state index contributed by atoms with van der Waals surface area (Å²) in [5.74, 6) is 0.549. The zero-order chi connectivity index (χ0) is 13.3. The van der Waals surface area contributed by atoms with Gasteiger partial charge in [0.15, 0.2) is 0 Å². The fraction of sp³-hybridized carbons (Fsp3) is 0.800. The summed E-state index contributed by atoms with van der Waals surface area (Å²) in [4.78, 5) is 11.0. The summed E-state index contributed by atoms with van der Waals surface area (Å²) < 4.78 is 0. The van der Waals surface area contributed by atoms with Crippen molar-refractivity contribution in [3.63, 3.8) is 0 Å². The van der Waals surface area contributed by atoms with Gasteiger partial charge in [-0.2, -0.15) is 0 Å². The lowest BCUT2D eigenvalue weighted by Gasteiger charge is -2.36. The minimum absolute atomic E-state index is 0.103. The number of hydrogen-bond donors (Lipinski definition) is 1. The minimum Gasteiger partial charge on any atom is -0.393 e. The topological polar surface area (TPSA) is 37.3 Å². The highest BCUT2D eigenvalue weighted by Crippen LogP contribution is 2.56. The summed E-state index contributed by atoms with van der Waals surface area (Å²) in [6.07, 6.45) is 4.90. The van der Waals surface area contributed by atoms with Crippen molar-refractivity contribution in [2.24, 2.45) is 16.7 Å². The van der Waals surface area contributed by atoms with Gasteiger partial charge in [-0.05, 0) is 37.5 Å². The second-order valence-corrected chi connectivity index (χ2v) is 6.48. The first-order valence-electron chi connectivity index (χ1n) is 6.54. The predicted molar refractivity (Wildman–Crippen MR) is 70.7 cm³/mol. The number of carbonyl (C=O) groups is 1. The standard InChI is InChI=1S/C15H26O2/c1-6-12-14(3,4)10-13(17)15(12,5)9-7-8-11(2)16/h6,12-13,17H,1,7-10H2,2-5H3/t12-,13-,15-/m0/s1. The summed E-state index contributed by atoms with van der Waals surface area (Å²) >= 11 is 0. The average Bonchev–Trinajstić information content (AvgIpc) is 2.32. The van der Waals surface area contributed by atoms with Gasteiger partial charge in [0.25, 0.3) is 0 Å². The van der Waals surface area contributed by atoms with E-state index >= 15 is 0 Å². The number of Topliss-reactive ketones (excluding diaryl/α,β-unsaturated/α-hetero) is 1. The molecule has 1 aliphatic rings. The molecule has 0 heterocycles. The van der Waals surface area contributed by atoms with Gasteiger partial charge in [0.1, 0.15) is 5.78 Å². The Morgan fingerprint density at radius 3 is 2.53 bits per heavy atom. The van der Waals surface area contributed by atoms with E-state index in [0.717, 1.165) is 19.3 Å². The molecular formula is C15H26O2. The summed E-state index contributed by atoms with van der Waals surface area (Å²) in [5, 5.41) is 10.3. The summed E-state index contributed by atoms with van der Waals surface area (Å²) in [5.41, 5.74) is -0.0210. The molecule has 2 heteroatoms. The van der Waals surface area contributed by atoms with Crippen LogP contribution in [0.3, 0.4) is 0 Å². The molecule has 0 spiro atoms. The molecule has 2 nitrogen and oxygen atoms in total. The predicted octanol–water partition coefficient (Wildman–Crippen LogP) is 3.35. The average molecular weight is 238 g/mol. The van der Waals surface area contributed by atoms with Crippen molar-refractivity contribution in [3.05, 3.63) is 12.7 Å². The molecule has 1 N–H and O–H groups in total. The SMILES string of the molecule is C=C[C@H]1C(C)(C)C[C@H](O)[C@@]1(C)CCCC(C)=O. The molecule has 0 unspecified atom stereocenters. The van der Waals surface area contributed by atoms with Gasteiger partial charge in [-0.1, -0.05) is 26.8 Å². The van der Waals surface area contributed by atoms with Gasteiger partial charge in [0, 0.05) is 11.8 Å². The van der Waals surface area contributed by atoms with Crippen molar-refractivity contribution in [1.29, 1.82) is 0 Å². The fourth-order valence-electron chi connectivity index (χ4n) is 3.59. The Morgan fingerprint density at radius 1 is 1.47 bits per heavy atom. The van der Waals surface area contributed by atoms with E-state index in [1.807, 2.05) is 6.08 Å². The molecule has 0 aromatic carbocycles. The Labute approximate surface area is 105 Å². The fourth-order valence-corrected chi connectivity index (χ4v) is 3.59. The Morgan fingerprint density at radius 2 is 2.06 bits per heavy atom. The highest BCUT2D eigenvalue weighted by Gasteiger charge is 2.53. The number of carbonyl (C=O) groups excluding carboxylic acids is 1. The smallest absolute Gasteiger partial charge is 0.129 e. The third-order valence-corrected chi connectivity index (χ3v) is 4.51. The van der Waals surface area contributed by atoms with Crippen molar-refractivity contribution in [2.45, 2.75) is 59.5 Å². The molecule has 1 rings (SSSR count). The number of aliphatic hydroxyl groups is 1. The second-order valence-electron chi connectivity index (χ2n) is 6.48. The molecule has 0 aromatic heterocycles. The maximum Gasteiger partial charge on any atom is 0.129 e. The summed E-state index contributed by atoms with van der Waals surface area (Å²) in [6.45, 7) is 12.1. The maximum atomic E-state index is 11.0. The molecule has 17 heavy (non-hydrogen) atoms. The molecule has 0 aromatic rings. The van der Waals surface area contributed by atoms with Crippen LogP contribution in [-0.4, -0.2) is 17.0 Å². The monoisotopic (exact) mass is 238 g/mol. The van der Waals surface area contributed by atoms with E-state index in [9.17, 15) is 9.90 Å². The first kappa shape index (κ1) is 14.4. The van der Waals surface area contributed by atoms with Gasteiger partial charge >= 0.3 is 0 Å². The van der Waals surface area contributed by atoms with Gasteiger partial charge in [0.2, 0.25) is 0 Å². The van der Waals surface area contributed by atoms with Crippen LogP contribution in [0.5, 0.6) is 0 Å². The normalized spacial score (nSPS) is 35.8. The highest BCUT2D eigenvalue weighted by atomic mass is 16.3. The Bertz CT molecular complexity index is 306. The Kier molecular flexibility index (Phi) is 4.19. The van der Waals surface area contributed by atoms with Gasteiger partial charge in [-0.15, -0.1) is 6.58 Å². The number of aliphatic hydroxyl groups excluding tert-OH is 1. The van der Waals surface area contributed by atoms with Crippen molar-refractivity contribution < 1.29 is 9.90 Å². The van der Waals surface area contributed by atoms with E-state index in [1.54, 1.807) is 6.92 Å². The van der Waals surface area contributed by atoms with Crippen LogP contribution in [-0.2, 0) is 4.79 Å². The lowest BCUT2D eigenvalue weighted by atomic mass is 9.68. The van der Waals surface area contributed by atoms with E-state index in [1.165, 1.54) is 0 Å². The van der Waals surface area contributed by atoms with Crippen LogP contribution >= 0.6 is 0 Å². The van der Waals surface area contributed by atoms with Crippen molar-refractivity contribution in [2.75, 3.05) is 0 Å². The third-order valence-electron chi connectivity index (χ3n) is 4.51. The quantitative estimate of drug-likeness (QED) is 0.746. The second kappa shape index (κ2) is 4.93. The van der Waals surface area contributed by atoms with Crippen molar-refractivity contribution >= 4 is 5.78 Å². The van der Waals surface area contributed by atoms with Crippen LogP contribution in [0, 0.1) is 16.7 Å². The molecule has 1 fully saturated rings. The van der Waals surface area contributed by atoms with Crippen LogP contribution in [0.2, 0.25) is 0 Å². The minimum atomic E-state index is -0.285. The van der Waals surface area contributed by atoms with Crippen LogP contribution in [0.25, 0.3) is 0 Å². The zero-order valence-electron chi connectivity index (χ0n) is 11.6. The van der Waals surface area contributed by atoms with Crippen LogP contribution in [0.4, 0.5) is 0 Å². The van der Waals surface area contributed by atoms with E-state index in [-0.39, 0.29) is 22.7 Å². The van der Waals surface area contributed by atoms with Crippen molar-refractivity contribution in [3.8, 4) is 0 Å². The van der Waals surface area contributed by atoms with Crippen LogP contribution in [0.15, 0.2) is 12.7 Å². The van der Waals surface area contributed by atoms with E-state index in [4.69, 9.17) is 0 Å². The molecule has 1 saturated carbocycles. The molecule has 0 radical (unpaired) electrons. The number of allylic oxidation sites excluding steroid dienone is 1. The van der Waals surface area contributed by atoms with Gasteiger partial charge in [-0.25, -0.2) is 0 Å². The van der Waals surface area contributed by atoms with Crippen LogP contribution in [0.1, 0.15) is 53.4 Å². The molecule has 0 saturated heterocycles. The van der Waals surface area contributed by atoms with Crippen molar-refractivity contribution in [1.82, 2.24) is 0 Å². The van der Waals surface area contributed by atoms with Crippen LogP contribution < -0.4 is 0 Å². The number of hydrogen-bond acceptors (Lipinski definition) is 2. The van der Waals surface area contributed by atoms with Gasteiger partial charge < -0.3 is 9.90 Å². The Hall–Kier alpha value is -0.630. The van der Waals surface area contributed by atoms with E-state index < -0.39 is 0 Å². The van der Waals surface area contributed by atoms with Gasteiger partial charge in [-0.3, -0.25) is 0 Å². The largest absolute Gasteiger partial charge is 0.393 e. The highest BCUT2D eigenvalue weighted by molar-refractivity contribution is 5.75. The molecular weight excluding hydrogens is 212 g/mol. The molecule has 1 aliphatic carbocycles. The molecule has 3 atom stereocenters. The number of rotatable bonds is 5. The maximum absolute atomic E-state index is 11.0. The lowest BCUT2D eigenvalue weighted by molar-refractivity contribution is -0.117. The number of ketones is 1. The van der Waals surface area contributed by atoms with Gasteiger partial charge in [0.05, 0.1) is 6.10 Å². The summed E-state index contributed by atoms with van der Waals surface area (Å²) in [7, 11) is 0. The summed E-state index contributed by atoms with van der Waals surface area (Å²) in [6, 6.07) is 0. The first-order chi connectivity index (χ1) is 7.74. The van der Waals surface area contributed by atoms with E-state index in [2.05, 4.69) is 27.4 Å². The molecule has 0 amide bonds. The van der Waals surface area contributed by atoms with E-state index in [0.29, 0.717) is 12.3 Å².